The third-order valence-corrected chi connectivity index (χ3v) is 2.75. The minimum absolute atomic E-state index is 0.0234. The van der Waals surface area contributed by atoms with Crippen molar-refractivity contribution in [3.63, 3.8) is 0 Å². The molecule has 0 saturated carbocycles. The number of halogens is 3. The summed E-state index contributed by atoms with van der Waals surface area (Å²) in [5.74, 6) is 0.163. The second kappa shape index (κ2) is 6.04. The molecule has 0 aliphatic heterocycles. The summed E-state index contributed by atoms with van der Waals surface area (Å²) in [6.45, 7) is 0. The maximum absolute atomic E-state index is 12.5. The standard InChI is InChI=1S/C13H13F3N4O2/c1-20-12(22-2)7-10(19-20)18-11(21)6-8-4-3-5-9(17-8)13(14,15)16/h3-5,7H,6H2,1-2H3,(H,18,19,21). The maximum atomic E-state index is 12.5. The van der Waals surface area contributed by atoms with E-state index in [4.69, 9.17) is 4.74 Å². The van der Waals surface area contributed by atoms with Crippen molar-refractivity contribution in [2.24, 2.45) is 7.05 Å². The first-order chi connectivity index (χ1) is 10.3. The highest BCUT2D eigenvalue weighted by molar-refractivity contribution is 5.91. The molecule has 118 valence electrons. The Balaban J connectivity index is 2.05. The summed E-state index contributed by atoms with van der Waals surface area (Å²) >= 11 is 0. The molecule has 0 fully saturated rings. The number of hydrogen-bond donors (Lipinski definition) is 1. The minimum Gasteiger partial charge on any atom is -0.481 e. The van der Waals surface area contributed by atoms with Gasteiger partial charge in [0.25, 0.3) is 0 Å². The zero-order valence-electron chi connectivity index (χ0n) is 11.8. The minimum atomic E-state index is -4.54. The number of hydrogen-bond acceptors (Lipinski definition) is 4. The Hall–Kier alpha value is -2.58. The Morgan fingerprint density at radius 2 is 2.14 bits per heavy atom. The Kier molecular flexibility index (Phi) is 4.34. The lowest BCUT2D eigenvalue weighted by Gasteiger charge is -2.07. The Morgan fingerprint density at radius 1 is 1.41 bits per heavy atom. The molecular weight excluding hydrogens is 301 g/mol. The van der Waals surface area contributed by atoms with Crippen LogP contribution in [-0.4, -0.2) is 27.8 Å². The molecule has 0 unspecified atom stereocenters. The predicted octanol–water partition coefficient (Wildman–Crippen LogP) is 2.02. The Bertz CT molecular complexity index is 682. The van der Waals surface area contributed by atoms with Crippen LogP contribution in [0.1, 0.15) is 11.4 Å². The molecule has 2 aromatic rings. The first-order valence-corrected chi connectivity index (χ1v) is 6.20. The number of amides is 1. The number of nitrogens with zero attached hydrogens (tertiary/aromatic N) is 3. The van der Waals surface area contributed by atoms with Crippen molar-refractivity contribution < 1.29 is 22.7 Å². The van der Waals surface area contributed by atoms with Gasteiger partial charge in [-0.05, 0) is 12.1 Å². The molecular formula is C13H13F3N4O2. The van der Waals surface area contributed by atoms with Crippen LogP contribution in [0.4, 0.5) is 19.0 Å². The molecule has 2 aromatic heterocycles. The molecule has 0 spiro atoms. The smallest absolute Gasteiger partial charge is 0.433 e. The monoisotopic (exact) mass is 314 g/mol. The molecule has 1 amide bonds. The maximum Gasteiger partial charge on any atom is 0.433 e. The topological polar surface area (TPSA) is 69.0 Å². The summed E-state index contributed by atoms with van der Waals surface area (Å²) in [7, 11) is 3.08. The molecule has 0 saturated heterocycles. The van der Waals surface area contributed by atoms with E-state index in [-0.39, 0.29) is 17.9 Å². The highest BCUT2D eigenvalue weighted by Crippen LogP contribution is 2.27. The third kappa shape index (κ3) is 3.74. The van der Waals surface area contributed by atoms with Gasteiger partial charge in [0, 0.05) is 13.1 Å². The van der Waals surface area contributed by atoms with Crippen LogP contribution in [0.2, 0.25) is 0 Å². The van der Waals surface area contributed by atoms with Crippen LogP contribution in [0, 0.1) is 0 Å². The molecule has 0 aliphatic carbocycles. The van der Waals surface area contributed by atoms with E-state index in [1.807, 2.05) is 0 Å². The van der Waals surface area contributed by atoms with Gasteiger partial charge in [0.05, 0.1) is 19.2 Å². The van der Waals surface area contributed by atoms with Crippen LogP contribution >= 0.6 is 0 Å². The Morgan fingerprint density at radius 3 is 2.73 bits per heavy atom. The number of anilines is 1. The molecule has 2 rings (SSSR count). The van der Waals surface area contributed by atoms with Crippen molar-refractivity contribution >= 4 is 11.7 Å². The molecule has 0 aromatic carbocycles. The number of aryl methyl sites for hydroxylation is 1. The Labute approximate surface area is 123 Å². The van der Waals surface area contributed by atoms with Gasteiger partial charge in [-0.15, -0.1) is 0 Å². The molecule has 9 heteroatoms. The van der Waals surface area contributed by atoms with E-state index < -0.39 is 17.8 Å². The quantitative estimate of drug-likeness (QED) is 0.937. The van der Waals surface area contributed by atoms with Crippen molar-refractivity contribution in [1.29, 1.82) is 0 Å². The van der Waals surface area contributed by atoms with Gasteiger partial charge in [-0.25, -0.2) is 9.67 Å². The van der Waals surface area contributed by atoms with E-state index in [0.717, 1.165) is 6.07 Å². The first-order valence-electron chi connectivity index (χ1n) is 6.20. The number of methoxy groups -OCH3 is 1. The number of pyridine rings is 1. The van der Waals surface area contributed by atoms with Crippen LogP contribution in [0.5, 0.6) is 5.88 Å². The highest BCUT2D eigenvalue weighted by atomic mass is 19.4. The summed E-state index contributed by atoms with van der Waals surface area (Å²) in [6, 6.07) is 4.92. The number of aromatic nitrogens is 3. The van der Waals surface area contributed by atoms with Crippen molar-refractivity contribution in [3.05, 3.63) is 35.7 Å². The average Bonchev–Trinajstić information content (AvgIpc) is 2.77. The second-order valence-corrected chi connectivity index (χ2v) is 4.43. The van der Waals surface area contributed by atoms with Gasteiger partial charge >= 0.3 is 6.18 Å². The fraction of sp³-hybridized carbons (Fsp3) is 0.308. The van der Waals surface area contributed by atoms with Crippen molar-refractivity contribution in [2.75, 3.05) is 12.4 Å². The summed E-state index contributed by atoms with van der Waals surface area (Å²) in [4.78, 5) is 15.3. The van der Waals surface area contributed by atoms with Crippen LogP contribution in [0.25, 0.3) is 0 Å². The highest BCUT2D eigenvalue weighted by Gasteiger charge is 2.32. The number of ether oxygens (including phenoxy) is 1. The fourth-order valence-corrected chi connectivity index (χ4v) is 1.79. The zero-order chi connectivity index (χ0) is 16.3. The molecule has 0 aliphatic rings. The summed E-state index contributed by atoms with van der Waals surface area (Å²) in [5.41, 5.74) is -1.01. The number of carbonyl (C=O) groups excluding carboxylic acids is 1. The lowest BCUT2D eigenvalue weighted by molar-refractivity contribution is -0.141. The fourth-order valence-electron chi connectivity index (χ4n) is 1.79. The van der Waals surface area contributed by atoms with Crippen LogP contribution in [0.15, 0.2) is 24.3 Å². The molecule has 6 nitrogen and oxygen atoms in total. The predicted molar refractivity (Wildman–Crippen MR) is 71.3 cm³/mol. The molecule has 0 radical (unpaired) electrons. The van der Waals surface area contributed by atoms with Gasteiger partial charge in [-0.3, -0.25) is 4.79 Å². The third-order valence-electron chi connectivity index (χ3n) is 2.75. The average molecular weight is 314 g/mol. The van der Waals surface area contributed by atoms with Crippen molar-refractivity contribution in [1.82, 2.24) is 14.8 Å². The van der Waals surface area contributed by atoms with E-state index in [9.17, 15) is 18.0 Å². The second-order valence-electron chi connectivity index (χ2n) is 4.43. The number of carbonyl (C=O) groups is 1. The lowest BCUT2D eigenvalue weighted by Crippen LogP contribution is -2.17. The molecule has 22 heavy (non-hydrogen) atoms. The zero-order valence-corrected chi connectivity index (χ0v) is 11.8. The van der Waals surface area contributed by atoms with E-state index in [1.54, 1.807) is 7.05 Å². The summed E-state index contributed by atoms with van der Waals surface area (Å²) in [5, 5.41) is 6.45. The van der Waals surface area contributed by atoms with Gasteiger partial charge in [0.15, 0.2) is 5.82 Å². The van der Waals surface area contributed by atoms with Gasteiger partial charge in [-0.2, -0.15) is 18.3 Å². The van der Waals surface area contributed by atoms with Gasteiger partial charge in [-0.1, -0.05) is 6.07 Å². The molecule has 0 atom stereocenters. The molecule has 0 bridgehead atoms. The van der Waals surface area contributed by atoms with Crippen LogP contribution in [-0.2, 0) is 24.4 Å². The number of nitrogens with one attached hydrogen (secondary N) is 1. The van der Waals surface area contributed by atoms with Gasteiger partial charge < -0.3 is 10.1 Å². The van der Waals surface area contributed by atoms with E-state index >= 15 is 0 Å². The number of rotatable bonds is 4. The van der Waals surface area contributed by atoms with Crippen molar-refractivity contribution in [2.45, 2.75) is 12.6 Å². The first kappa shape index (κ1) is 15.8. The molecule has 1 N–H and O–H groups in total. The van der Waals surface area contributed by atoms with E-state index in [2.05, 4.69) is 15.4 Å². The summed E-state index contributed by atoms with van der Waals surface area (Å²) in [6.07, 6.45) is -4.83. The van der Waals surface area contributed by atoms with E-state index in [1.165, 1.54) is 30.0 Å². The normalized spacial score (nSPS) is 11.3. The SMILES string of the molecule is COc1cc(NC(=O)Cc2cccc(C(F)(F)F)n2)nn1C. The number of alkyl halides is 3. The van der Waals surface area contributed by atoms with Gasteiger partial charge in [0.2, 0.25) is 11.8 Å². The molecule has 2 heterocycles. The lowest BCUT2D eigenvalue weighted by atomic mass is 10.2. The summed E-state index contributed by atoms with van der Waals surface area (Å²) < 4.78 is 44.1. The van der Waals surface area contributed by atoms with Gasteiger partial charge in [0.1, 0.15) is 5.69 Å². The van der Waals surface area contributed by atoms with E-state index in [0.29, 0.717) is 5.88 Å². The van der Waals surface area contributed by atoms with Crippen molar-refractivity contribution in [3.8, 4) is 5.88 Å². The van der Waals surface area contributed by atoms with Crippen LogP contribution in [0.3, 0.4) is 0 Å². The van der Waals surface area contributed by atoms with Crippen LogP contribution < -0.4 is 10.1 Å². The largest absolute Gasteiger partial charge is 0.481 e.